The predicted octanol–water partition coefficient (Wildman–Crippen LogP) is 3.50. The second kappa shape index (κ2) is 7.55. The Balaban J connectivity index is 1.71. The van der Waals surface area contributed by atoms with Gasteiger partial charge in [-0.3, -0.25) is 4.79 Å². The van der Waals surface area contributed by atoms with Gasteiger partial charge in [-0.1, -0.05) is 6.92 Å². The van der Waals surface area contributed by atoms with Gasteiger partial charge in [-0.15, -0.1) is 0 Å². The Labute approximate surface area is 152 Å². The highest BCUT2D eigenvalue weighted by molar-refractivity contribution is 7.89. The van der Waals surface area contributed by atoms with Crippen LogP contribution in [0.1, 0.15) is 30.1 Å². The minimum atomic E-state index is -3.53. The fourth-order valence-electron chi connectivity index (χ4n) is 2.89. The number of hydrogen-bond acceptors (Lipinski definition) is 3. The lowest BCUT2D eigenvalue weighted by molar-refractivity contribution is 0.102. The molecule has 2 aromatic rings. The van der Waals surface area contributed by atoms with E-state index in [1.165, 1.54) is 52.8 Å². The van der Waals surface area contributed by atoms with Crippen LogP contribution >= 0.6 is 0 Å². The van der Waals surface area contributed by atoms with Crippen molar-refractivity contribution in [1.29, 1.82) is 0 Å². The van der Waals surface area contributed by atoms with Crippen molar-refractivity contribution in [3.63, 3.8) is 0 Å². The first-order valence-electron chi connectivity index (χ1n) is 8.53. The second-order valence-electron chi connectivity index (χ2n) is 6.57. The van der Waals surface area contributed by atoms with Crippen LogP contribution in [0.25, 0.3) is 0 Å². The predicted molar refractivity (Wildman–Crippen MR) is 98.0 cm³/mol. The molecule has 7 heteroatoms. The number of piperidine rings is 1. The van der Waals surface area contributed by atoms with E-state index >= 15 is 0 Å². The van der Waals surface area contributed by atoms with Gasteiger partial charge >= 0.3 is 0 Å². The first-order chi connectivity index (χ1) is 12.4. The molecule has 2 aromatic carbocycles. The van der Waals surface area contributed by atoms with Crippen molar-refractivity contribution in [3.8, 4) is 0 Å². The van der Waals surface area contributed by atoms with Gasteiger partial charge in [-0.05, 0) is 67.3 Å². The molecule has 138 valence electrons. The van der Waals surface area contributed by atoms with E-state index in [-0.39, 0.29) is 16.6 Å². The molecule has 0 atom stereocenters. The Morgan fingerprint density at radius 3 is 2.19 bits per heavy atom. The highest BCUT2D eigenvalue weighted by atomic mass is 32.2. The number of sulfonamides is 1. The maximum Gasteiger partial charge on any atom is 0.255 e. The van der Waals surface area contributed by atoms with Gasteiger partial charge in [0.05, 0.1) is 4.90 Å². The minimum Gasteiger partial charge on any atom is -0.322 e. The van der Waals surface area contributed by atoms with Crippen LogP contribution < -0.4 is 5.32 Å². The molecule has 1 aliphatic heterocycles. The van der Waals surface area contributed by atoms with Crippen molar-refractivity contribution in [2.45, 2.75) is 24.7 Å². The number of amides is 1. The number of benzene rings is 2. The zero-order valence-electron chi connectivity index (χ0n) is 14.5. The van der Waals surface area contributed by atoms with Crippen LogP contribution in [0.5, 0.6) is 0 Å². The van der Waals surface area contributed by atoms with Crippen LogP contribution in [0, 0.1) is 11.7 Å². The van der Waals surface area contributed by atoms with Gasteiger partial charge in [0.2, 0.25) is 10.0 Å². The van der Waals surface area contributed by atoms with E-state index in [0.717, 1.165) is 12.8 Å². The van der Waals surface area contributed by atoms with Gasteiger partial charge in [0, 0.05) is 24.3 Å². The molecule has 1 fully saturated rings. The molecule has 1 amide bonds. The first-order valence-corrected chi connectivity index (χ1v) is 9.97. The Bertz CT molecular complexity index is 872. The van der Waals surface area contributed by atoms with Crippen molar-refractivity contribution in [2.75, 3.05) is 18.4 Å². The monoisotopic (exact) mass is 376 g/mol. The van der Waals surface area contributed by atoms with Crippen molar-refractivity contribution in [1.82, 2.24) is 4.31 Å². The average Bonchev–Trinajstić information content (AvgIpc) is 2.64. The molecule has 0 unspecified atom stereocenters. The first kappa shape index (κ1) is 18.5. The summed E-state index contributed by atoms with van der Waals surface area (Å²) >= 11 is 0. The standard InChI is InChI=1S/C19H21FN2O3S/c1-14-10-12-22(13-11-14)26(24,25)18-8-2-15(3-9-18)19(23)21-17-6-4-16(20)5-7-17/h2-9,14H,10-13H2,1H3,(H,21,23). The Hall–Kier alpha value is -2.25. The van der Waals surface area contributed by atoms with Crippen LogP contribution in [-0.2, 0) is 10.0 Å². The molecule has 0 aromatic heterocycles. The summed E-state index contributed by atoms with van der Waals surface area (Å²) in [5, 5.41) is 2.65. The number of carbonyl (C=O) groups excluding carboxylic acids is 1. The highest BCUT2D eigenvalue weighted by Gasteiger charge is 2.28. The number of nitrogens with zero attached hydrogens (tertiary/aromatic N) is 1. The lowest BCUT2D eigenvalue weighted by Gasteiger charge is -2.29. The summed E-state index contributed by atoms with van der Waals surface area (Å²) in [4.78, 5) is 12.4. The molecule has 0 saturated carbocycles. The van der Waals surface area contributed by atoms with E-state index in [1.807, 2.05) is 0 Å². The van der Waals surface area contributed by atoms with Crippen molar-refractivity contribution < 1.29 is 17.6 Å². The van der Waals surface area contributed by atoms with E-state index < -0.39 is 10.0 Å². The van der Waals surface area contributed by atoms with E-state index in [0.29, 0.717) is 30.3 Å². The minimum absolute atomic E-state index is 0.186. The fourth-order valence-corrected chi connectivity index (χ4v) is 4.36. The molecule has 3 rings (SSSR count). The lowest BCUT2D eigenvalue weighted by atomic mass is 10.0. The molecule has 0 bridgehead atoms. The van der Waals surface area contributed by atoms with Gasteiger partial charge in [0.25, 0.3) is 5.91 Å². The second-order valence-corrected chi connectivity index (χ2v) is 8.51. The molecule has 1 N–H and O–H groups in total. The van der Waals surface area contributed by atoms with E-state index in [4.69, 9.17) is 0 Å². The van der Waals surface area contributed by atoms with Crippen LogP contribution in [0.3, 0.4) is 0 Å². The van der Waals surface area contributed by atoms with Crippen molar-refractivity contribution >= 4 is 21.6 Å². The molecule has 1 heterocycles. The third-order valence-corrected chi connectivity index (χ3v) is 6.51. The fraction of sp³-hybridized carbons (Fsp3) is 0.316. The maximum absolute atomic E-state index is 12.9. The summed E-state index contributed by atoms with van der Waals surface area (Å²) in [5.74, 6) is -0.226. The molecule has 1 aliphatic rings. The van der Waals surface area contributed by atoms with E-state index in [9.17, 15) is 17.6 Å². The maximum atomic E-state index is 12.9. The van der Waals surface area contributed by atoms with Crippen LogP contribution in [0.2, 0.25) is 0 Å². The number of hydrogen-bond donors (Lipinski definition) is 1. The van der Waals surface area contributed by atoms with Gasteiger partial charge < -0.3 is 5.32 Å². The molecule has 1 saturated heterocycles. The highest BCUT2D eigenvalue weighted by Crippen LogP contribution is 2.23. The third-order valence-electron chi connectivity index (χ3n) is 4.60. The molecular formula is C19H21FN2O3S. The summed E-state index contributed by atoms with van der Waals surface area (Å²) in [6.45, 7) is 3.17. The van der Waals surface area contributed by atoms with Gasteiger partial charge in [0.1, 0.15) is 5.82 Å². The summed E-state index contributed by atoms with van der Waals surface area (Å²) in [5.41, 5.74) is 0.802. The van der Waals surface area contributed by atoms with Gasteiger partial charge in [-0.2, -0.15) is 4.31 Å². The number of carbonyl (C=O) groups is 1. The summed E-state index contributed by atoms with van der Waals surface area (Å²) in [7, 11) is -3.53. The van der Waals surface area contributed by atoms with Gasteiger partial charge in [-0.25, -0.2) is 12.8 Å². The van der Waals surface area contributed by atoms with Crippen LogP contribution in [0.4, 0.5) is 10.1 Å². The molecule has 0 aliphatic carbocycles. The van der Waals surface area contributed by atoms with Crippen molar-refractivity contribution in [3.05, 3.63) is 59.9 Å². The Kier molecular flexibility index (Phi) is 5.38. The smallest absolute Gasteiger partial charge is 0.255 e. The van der Waals surface area contributed by atoms with Crippen LogP contribution in [-0.4, -0.2) is 31.7 Å². The molecule has 0 spiro atoms. The quantitative estimate of drug-likeness (QED) is 0.888. The third kappa shape index (κ3) is 4.11. The largest absolute Gasteiger partial charge is 0.322 e. The summed E-state index contributed by atoms with van der Waals surface area (Å²) in [6, 6.07) is 11.3. The lowest BCUT2D eigenvalue weighted by Crippen LogP contribution is -2.37. The average molecular weight is 376 g/mol. The number of rotatable bonds is 4. The Morgan fingerprint density at radius 1 is 1.04 bits per heavy atom. The molecule has 5 nitrogen and oxygen atoms in total. The molecular weight excluding hydrogens is 355 g/mol. The topological polar surface area (TPSA) is 66.5 Å². The molecule has 26 heavy (non-hydrogen) atoms. The van der Waals surface area contributed by atoms with E-state index in [1.54, 1.807) is 0 Å². The zero-order valence-corrected chi connectivity index (χ0v) is 15.3. The van der Waals surface area contributed by atoms with Crippen LogP contribution in [0.15, 0.2) is 53.4 Å². The summed E-state index contributed by atoms with van der Waals surface area (Å²) < 4.78 is 39.8. The zero-order chi connectivity index (χ0) is 18.7. The number of anilines is 1. The SMILES string of the molecule is CC1CCN(S(=O)(=O)c2ccc(C(=O)Nc3ccc(F)cc3)cc2)CC1. The van der Waals surface area contributed by atoms with Crippen molar-refractivity contribution in [2.24, 2.45) is 5.92 Å². The van der Waals surface area contributed by atoms with Gasteiger partial charge in [0.15, 0.2) is 0 Å². The molecule has 0 radical (unpaired) electrons. The Morgan fingerprint density at radius 2 is 1.62 bits per heavy atom. The normalized spacial score (nSPS) is 16.4. The van der Waals surface area contributed by atoms with E-state index in [2.05, 4.69) is 12.2 Å². The summed E-state index contributed by atoms with van der Waals surface area (Å²) in [6.07, 6.45) is 1.72. The number of nitrogens with one attached hydrogen (secondary N) is 1. The number of halogens is 1.